The van der Waals surface area contributed by atoms with Gasteiger partial charge in [-0.05, 0) is 77.6 Å². The Hall–Kier alpha value is -3.03. The highest BCUT2D eigenvalue weighted by molar-refractivity contribution is 5.76. The number of ether oxygens (including phenoxy) is 6. The molecule has 3 aliphatic heterocycles. The quantitative estimate of drug-likeness (QED) is 0.0213. The molecule has 17 atom stereocenters. The van der Waals surface area contributed by atoms with Crippen molar-refractivity contribution in [3.8, 4) is 0 Å². The molecule has 0 saturated carbocycles. The lowest BCUT2D eigenvalue weighted by Crippen LogP contribution is -2.66. The van der Waals surface area contributed by atoms with Gasteiger partial charge in [0.2, 0.25) is 5.91 Å². The van der Waals surface area contributed by atoms with Crippen LogP contribution in [-0.2, 0) is 33.2 Å². The van der Waals surface area contributed by atoms with Crippen molar-refractivity contribution in [1.29, 1.82) is 0 Å². The number of carbonyl (C=O) groups is 1. The fourth-order valence-electron chi connectivity index (χ4n) is 10.5. The zero-order valence-corrected chi connectivity index (χ0v) is 51.3. The van der Waals surface area contributed by atoms with Gasteiger partial charge >= 0.3 is 0 Å². The van der Waals surface area contributed by atoms with Crippen molar-refractivity contribution in [2.75, 3.05) is 26.4 Å². The lowest BCUT2D eigenvalue weighted by Gasteiger charge is -2.48. The van der Waals surface area contributed by atoms with Crippen molar-refractivity contribution < 1.29 is 89.4 Å². The Morgan fingerprint density at radius 2 is 0.835 bits per heavy atom. The van der Waals surface area contributed by atoms with E-state index in [-0.39, 0.29) is 18.9 Å². The molecule has 3 heterocycles. The summed E-state index contributed by atoms with van der Waals surface area (Å²) in [6, 6.07) is -0.997. The van der Waals surface area contributed by atoms with Gasteiger partial charge in [0, 0.05) is 6.42 Å². The minimum Gasteiger partial charge on any atom is -0.394 e. The summed E-state index contributed by atoms with van der Waals surface area (Å²) in [5.41, 5.74) is 0. The highest BCUT2D eigenvalue weighted by Gasteiger charge is 2.53. The summed E-state index contributed by atoms with van der Waals surface area (Å²) in [5.74, 6) is -0.295. The third kappa shape index (κ3) is 30.8. The molecule has 3 aliphatic rings. The molecule has 0 aromatic rings. The summed E-state index contributed by atoms with van der Waals surface area (Å²) in [4.78, 5) is 13.3. The number of hydrogen-bond donors (Lipinski definition) is 12. The van der Waals surface area contributed by atoms with Crippen molar-refractivity contribution in [2.45, 2.75) is 298 Å². The summed E-state index contributed by atoms with van der Waals surface area (Å²) in [6.45, 7) is 1.33. The van der Waals surface area contributed by atoms with Crippen LogP contribution in [0.1, 0.15) is 194 Å². The van der Waals surface area contributed by atoms with E-state index < -0.39 is 124 Å². The summed E-state index contributed by atoms with van der Waals surface area (Å²) in [7, 11) is 0. The Morgan fingerprint density at radius 3 is 1.32 bits per heavy atom. The molecular weight excluding hydrogens is 1090 g/mol. The van der Waals surface area contributed by atoms with Crippen LogP contribution in [0, 0.1) is 0 Å². The van der Waals surface area contributed by atoms with Crippen LogP contribution in [-0.4, -0.2) is 193 Å². The van der Waals surface area contributed by atoms with Crippen LogP contribution >= 0.6 is 0 Å². The van der Waals surface area contributed by atoms with Crippen LogP contribution in [0.4, 0.5) is 0 Å². The van der Waals surface area contributed by atoms with Crippen LogP contribution in [0.15, 0.2) is 85.1 Å². The van der Waals surface area contributed by atoms with Gasteiger partial charge in [-0.15, -0.1) is 0 Å². The Bertz CT molecular complexity index is 1880. The summed E-state index contributed by atoms with van der Waals surface area (Å²) < 4.78 is 34.2. The van der Waals surface area contributed by atoms with Crippen LogP contribution < -0.4 is 5.32 Å². The highest BCUT2D eigenvalue weighted by atomic mass is 16.8. The first-order valence-electron chi connectivity index (χ1n) is 32.3. The molecule has 0 aromatic heterocycles. The fraction of sp³-hybridized carbons (Fsp3) is 0.773. The van der Waals surface area contributed by atoms with E-state index >= 15 is 0 Å². The van der Waals surface area contributed by atoms with E-state index in [0.717, 1.165) is 64.2 Å². The average molecular weight is 1210 g/mol. The lowest BCUT2D eigenvalue weighted by molar-refractivity contribution is -0.379. The van der Waals surface area contributed by atoms with E-state index in [1.807, 2.05) is 19.1 Å². The number of hydrogen-bond acceptors (Lipinski definition) is 18. The second-order valence-corrected chi connectivity index (χ2v) is 22.8. The first-order valence-corrected chi connectivity index (χ1v) is 32.3. The van der Waals surface area contributed by atoms with Gasteiger partial charge in [-0.2, -0.15) is 0 Å². The molecule has 0 aliphatic carbocycles. The number of amides is 1. The van der Waals surface area contributed by atoms with Crippen LogP contribution in [0.2, 0.25) is 0 Å². The largest absolute Gasteiger partial charge is 0.394 e. The Morgan fingerprint density at radius 1 is 0.447 bits per heavy atom. The SMILES string of the molecule is C/C=C/CC/C=C/CC/C=C/C(O)C(COC1OC(CO)C(OC2OC(CO)C(OC3OC(CO)C(O)C(O)C3O)C(O)C2O)C(O)C1O)NC(=O)CCCCCCCCCCCCCCCCCCCC/C=C\C/C=C\C/C=C\C/C=C\CC. The fourth-order valence-corrected chi connectivity index (χ4v) is 10.5. The van der Waals surface area contributed by atoms with Gasteiger partial charge in [-0.1, -0.05) is 195 Å². The molecule has 490 valence electrons. The third-order valence-corrected chi connectivity index (χ3v) is 15.8. The molecule has 19 nitrogen and oxygen atoms in total. The van der Waals surface area contributed by atoms with Crippen molar-refractivity contribution in [3.63, 3.8) is 0 Å². The van der Waals surface area contributed by atoms with Gasteiger partial charge in [-0.3, -0.25) is 4.79 Å². The van der Waals surface area contributed by atoms with E-state index in [4.69, 9.17) is 28.4 Å². The topological polar surface area (TPSA) is 307 Å². The van der Waals surface area contributed by atoms with E-state index in [0.29, 0.717) is 12.8 Å². The molecule has 1 amide bonds. The number of rotatable bonds is 47. The molecule has 0 radical (unpaired) electrons. The Balaban J connectivity index is 1.35. The van der Waals surface area contributed by atoms with E-state index in [1.54, 1.807) is 6.08 Å². The predicted molar refractivity (Wildman–Crippen MR) is 328 cm³/mol. The maximum atomic E-state index is 13.3. The van der Waals surface area contributed by atoms with Crippen LogP contribution in [0.25, 0.3) is 0 Å². The molecule has 3 fully saturated rings. The normalized spacial score (nSPS) is 29.5. The van der Waals surface area contributed by atoms with Gasteiger partial charge < -0.3 is 89.9 Å². The van der Waals surface area contributed by atoms with Crippen molar-refractivity contribution in [1.82, 2.24) is 5.32 Å². The minimum atomic E-state index is -1.98. The molecule has 19 heteroatoms. The summed E-state index contributed by atoms with van der Waals surface area (Å²) in [6.07, 6.45) is 33.4. The van der Waals surface area contributed by atoms with Crippen molar-refractivity contribution >= 4 is 5.91 Å². The predicted octanol–water partition coefficient (Wildman–Crippen LogP) is 7.15. The molecular formula is C66H113NO18. The van der Waals surface area contributed by atoms with Gasteiger partial charge in [0.05, 0.1) is 38.6 Å². The number of allylic oxidation sites excluding steroid dienone is 13. The number of carbonyl (C=O) groups excluding carboxylic acids is 1. The van der Waals surface area contributed by atoms with Crippen LogP contribution in [0.5, 0.6) is 0 Å². The third-order valence-electron chi connectivity index (χ3n) is 15.8. The lowest BCUT2D eigenvalue weighted by atomic mass is 9.96. The monoisotopic (exact) mass is 1210 g/mol. The number of aliphatic hydroxyl groups excluding tert-OH is 11. The number of aliphatic hydroxyl groups is 11. The summed E-state index contributed by atoms with van der Waals surface area (Å²) >= 11 is 0. The number of unbranched alkanes of at least 4 members (excludes halogenated alkanes) is 20. The molecule has 12 N–H and O–H groups in total. The smallest absolute Gasteiger partial charge is 0.220 e. The molecule has 0 aromatic carbocycles. The molecule has 17 unspecified atom stereocenters. The highest BCUT2D eigenvalue weighted by Crippen LogP contribution is 2.33. The summed E-state index contributed by atoms with van der Waals surface area (Å²) in [5, 5.41) is 120. The van der Waals surface area contributed by atoms with Gasteiger partial charge in [0.1, 0.15) is 73.2 Å². The Labute approximate surface area is 508 Å². The van der Waals surface area contributed by atoms with Crippen molar-refractivity contribution in [3.05, 3.63) is 85.1 Å². The van der Waals surface area contributed by atoms with E-state index in [9.17, 15) is 61.0 Å². The molecule has 3 saturated heterocycles. The van der Waals surface area contributed by atoms with Gasteiger partial charge in [0.15, 0.2) is 18.9 Å². The second kappa shape index (κ2) is 47.9. The first kappa shape index (κ1) is 76.2. The van der Waals surface area contributed by atoms with Gasteiger partial charge in [-0.25, -0.2) is 0 Å². The van der Waals surface area contributed by atoms with Crippen molar-refractivity contribution in [2.24, 2.45) is 0 Å². The number of nitrogens with one attached hydrogen (secondary N) is 1. The molecule has 0 spiro atoms. The standard InChI is InChI=1S/C66H113NO18/c1-3-5-7-9-11-13-14-15-16-17-18-19-20-21-22-23-24-25-26-27-28-29-30-31-32-33-34-36-38-40-42-44-54(72)67-49(50(71)43-41-39-37-35-12-10-8-6-4-2)48-80-64-60(78)57(75)62(52(46-69)82-64)85-66-61(79)58(76)63(53(47-70)83-66)84-65-59(77)56(74)55(73)51(45-68)81-65/h4-7,11-13,15-16,18-19,35,41,43,49-53,55-66,68-71,73-79H,3,8-10,14,17,20-34,36-40,42,44-48H2,1-2H3,(H,67,72)/b6-4+,7-5-,13-11-,16-15-,19-18-,35-12+,43-41+. The second-order valence-electron chi connectivity index (χ2n) is 22.8. The van der Waals surface area contributed by atoms with E-state index in [1.165, 1.54) is 96.3 Å². The van der Waals surface area contributed by atoms with E-state index in [2.05, 4.69) is 79.1 Å². The van der Waals surface area contributed by atoms with Crippen LogP contribution in [0.3, 0.4) is 0 Å². The molecule has 0 bridgehead atoms. The zero-order chi connectivity index (χ0) is 61.9. The maximum absolute atomic E-state index is 13.3. The minimum absolute atomic E-state index is 0.229. The Kier molecular flexibility index (Phi) is 43.0. The maximum Gasteiger partial charge on any atom is 0.220 e. The zero-order valence-electron chi connectivity index (χ0n) is 51.3. The molecule has 85 heavy (non-hydrogen) atoms. The van der Waals surface area contributed by atoms with Gasteiger partial charge in [0.25, 0.3) is 0 Å². The molecule has 3 rings (SSSR count). The first-order chi connectivity index (χ1) is 41.3. The average Bonchev–Trinajstić information content (AvgIpc) is 3.55.